The SMILES string of the molecule is NCCNC(=O)c1ccccc1-c1cccc(CN(CCc2ccc(O)cc2)C(=O)CCCc2ccccc2)c1.O=C(O)C(F)(F)F. The van der Waals surface area contributed by atoms with E-state index in [1.54, 1.807) is 12.1 Å². The Hall–Kier alpha value is -5.16. The number of carbonyl (C=O) groups excluding carboxylic acids is 2. The van der Waals surface area contributed by atoms with E-state index < -0.39 is 12.1 Å². The smallest absolute Gasteiger partial charge is 0.490 e. The van der Waals surface area contributed by atoms with E-state index in [0.29, 0.717) is 44.6 Å². The van der Waals surface area contributed by atoms with Crippen LogP contribution in [0.5, 0.6) is 5.75 Å². The third-order valence-electron chi connectivity index (χ3n) is 7.11. The molecule has 2 amide bonds. The van der Waals surface area contributed by atoms with E-state index in [1.165, 1.54) is 5.56 Å². The van der Waals surface area contributed by atoms with E-state index in [4.69, 9.17) is 15.6 Å². The average molecular weight is 650 g/mol. The number of phenols is 1. The molecule has 0 aliphatic rings. The molecule has 0 aliphatic carbocycles. The lowest BCUT2D eigenvalue weighted by molar-refractivity contribution is -0.192. The number of carboxylic acids is 1. The molecule has 0 fully saturated rings. The van der Waals surface area contributed by atoms with Crippen molar-refractivity contribution in [1.29, 1.82) is 0 Å². The number of halogens is 3. The van der Waals surface area contributed by atoms with E-state index in [2.05, 4.69) is 23.5 Å². The number of carbonyl (C=O) groups is 3. The van der Waals surface area contributed by atoms with Crippen LogP contribution in [-0.4, -0.2) is 58.7 Å². The highest BCUT2D eigenvalue weighted by molar-refractivity contribution is 6.00. The molecule has 8 nitrogen and oxygen atoms in total. The monoisotopic (exact) mass is 649 g/mol. The van der Waals surface area contributed by atoms with Crippen molar-refractivity contribution in [3.63, 3.8) is 0 Å². The number of aromatic hydroxyl groups is 1. The second kappa shape index (κ2) is 18.1. The summed E-state index contributed by atoms with van der Waals surface area (Å²) < 4.78 is 31.7. The zero-order valence-electron chi connectivity index (χ0n) is 25.7. The maximum Gasteiger partial charge on any atom is 0.490 e. The number of nitrogens with two attached hydrogens (primary N) is 1. The number of benzene rings is 4. The number of rotatable bonds is 13. The quantitative estimate of drug-likeness (QED) is 0.141. The Balaban J connectivity index is 0.000000771. The van der Waals surface area contributed by atoms with Gasteiger partial charge in [-0.25, -0.2) is 4.79 Å². The Morgan fingerprint density at radius 2 is 1.40 bits per heavy atom. The van der Waals surface area contributed by atoms with Gasteiger partial charge in [0.15, 0.2) is 0 Å². The van der Waals surface area contributed by atoms with Gasteiger partial charge in [0.2, 0.25) is 5.91 Å². The van der Waals surface area contributed by atoms with Crippen molar-refractivity contribution in [2.24, 2.45) is 5.73 Å². The lowest BCUT2D eigenvalue weighted by Crippen LogP contribution is -2.32. The van der Waals surface area contributed by atoms with E-state index >= 15 is 0 Å². The maximum atomic E-state index is 13.4. The van der Waals surface area contributed by atoms with Gasteiger partial charge < -0.3 is 26.2 Å². The Kier molecular flexibility index (Phi) is 14.0. The maximum absolute atomic E-state index is 13.4. The van der Waals surface area contributed by atoms with Crippen molar-refractivity contribution < 1.29 is 37.8 Å². The molecule has 0 radical (unpaired) electrons. The van der Waals surface area contributed by atoms with Crippen molar-refractivity contribution >= 4 is 17.8 Å². The second-order valence-electron chi connectivity index (χ2n) is 10.7. The van der Waals surface area contributed by atoms with Gasteiger partial charge in [-0.1, -0.05) is 78.9 Å². The Morgan fingerprint density at radius 3 is 2.06 bits per heavy atom. The number of hydrogen-bond donors (Lipinski definition) is 4. The van der Waals surface area contributed by atoms with Crippen LogP contribution in [0.4, 0.5) is 13.2 Å². The zero-order chi connectivity index (χ0) is 34.2. The molecule has 0 saturated heterocycles. The molecule has 0 atom stereocenters. The lowest BCUT2D eigenvalue weighted by Gasteiger charge is -2.24. The average Bonchev–Trinajstić information content (AvgIpc) is 3.06. The second-order valence-corrected chi connectivity index (χ2v) is 10.7. The molecule has 0 aliphatic heterocycles. The molecular formula is C36H38F3N3O5. The third-order valence-corrected chi connectivity index (χ3v) is 7.11. The number of amides is 2. The standard InChI is InChI=1S/C34H37N3O3.C2HF3O2/c35-21-22-36-34(40)32-14-5-4-13-31(32)29-12-6-11-28(24-29)25-37(23-20-27-16-18-30(38)19-17-27)33(39)15-7-10-26-8-2-1-3-9-26;3-2(4,5)1(6)7/h1-6,8-9,11-14,16-19,24,38H,7,10,15,20-23,25,35H2,(H,36,40);(H,6,7). The minimum absolute atomic E-state index is 0.113. The van der Waals surface area contributed by atoms with Crippen LogP contribution in [0, 0.1) is 0 Å². The number of phenolic OH excluding ortho intramolecular Hbond substituents is 1. The van der Waals surface area contributed by atoms with Gasteiger partial charge >= 0.3 is 12.1 Å². The molecule has 4 aromatic carbocycles. The van der Waals surface area contributed by atoms with Crippen molar-refractivity contribution in [1.82, 2.24) is 10.2 Å². The van der Waals surface area contributed by atoms with Gasteiger partial charge in [-0.05, 0) is 71.3 Å². The largest absolute Gasteiger partial charge is 0.508 e. The summed E-state index contributed by atoms with van der Waals surface area (Å²) in [6.07, 6.45) is -2.29. The van der Waals surface area contributed by atoms with Crippen LogP contribution >= 0.6 is 0 Å². The highest BCUT2D eigenvalue weighted by Gasteiger charge is 2.38. The van der Waals surface area contributed by atoms with Gasteiger partial charge in [0.25, 0.3) is 5.91 Å². The third kappa shape index (κ3) is 12.3. The van der Waals surface area contributed by atoms with Crippen LogP contribution in [0.3, 0.4) is 0 Å². The minimum Gasteiger partial charge on any atom is -0.508 e. The first kappa shape index (κ1) is 36.3. The summed E-state index contributed by atoms with van der Waals surface area (Å²) in [6, 6.07) is 32.9. The number of alkyl halides is 3. The molecule has 0 unspecified atom stereocenters. The Morgan fingerprint density at radius 1 is 0.787 bits per heavy atom. The summed E-state index contributed by atoms with van der Waals surface area (Å²) in [4.78, 5) is 37.0. The summed E-state index contributed by atoms with van der Waals surface area (Å²) in [6.45, 7) is 1.83. The molecule has 0 bridgehead atoms. The predicted octanol–water partition coefficient (Wildman–Crippen LogP) is 5.98. The summed E-state index contributed by atoms with van der Waals surface area (Å²) in [7, 11) is 0. The zero-order valence-corrected chi connectivity index (χ0v) is 25.7. The van der Waals surface area contributed by atoms with Crippen LogP contribution in [0.15, 0.2) is 103 Å². The van der Waals surface area contributed by atoms with E-state index in [9.17, 15) is 27.9 Å². The number of hydrogen-bond acceptors (Lipinski definition) is 5. The summed E-state index contributed by atoms with van der Waals surface area (Å²) >= 11 is 0. The molecule has 5 N–H and O–H groups in total. The number of carboxylic acid groups (broad SMARTS) is 1. The number of aliphatic carboxylic acids is 1. The predicted molar refractivity (Wildman–Crippen MR) is 174 cm³/mol. The fourth-order valence-corrected chi connectivity index (χ4v) is 4.74. The Labute approximate surface area is 271 Å². The number of aryl methyl sites for hydroxylation is 1. The first-order valence-electron chi connectivity index (χ1n) is 15.0. The van der Waals surface area contributed by atoms with Gasteiger partial charge in [0, 0.05) is 38.2 Å². The van der Waals surface area contributed by atoms with Gasteiger partial charge in [-0.15, -0.1) is 0 Å². The minimum atomic E-state index is -5.08. The Bertz CT molecular complexity index is 1600. The lowest BCUT2D eigenvalue weighted by atomic mass is 9.97. The highest BCUT2D eigenvalue weighted by atomic mass is 19.4. The fourth-order valence-electron chi connectivity index (χ4n) is 4.74. The molecular weight excluding hydrogens is 611 g/mol. The molecule has 47 heavy (non-hydrogen) atoms. The van der Waals surface area contributed by atoms with Crippen molar-refractivity contribution in [3.05, 3.63) is 125 Å². The normalized spacial score (nSPS) is 10.8. The molecule has 0 heterocycles. The van der Waals surface area contributed by atoms with Crippen LogP contribution in [-0.2, 0) is 29.0 Å². The summed E-state index contributed by atoms with van der Waals surface area (Å²) in [5.41, 5.74) is 11.2. The van der Waals surface area contributed by atoms with Gasteiger partial charge in [-0.3, -0.25) is 9.59 Å². The first-order valence-corrected chi connectivity index (χ1v) is 15.0. The van der Waals surface area contributed by atoms with Crippen LogP contribution in [0.2, 0.25) is 0 Å². The molecule has 248 valence electrons. The molecule has 0 aromatic heterocycles. The van der Waals surface area contributed by atoms with Gasteiger partial charge in [0.1, 0.15) is 5.75 Å². The van der Waals surface area contributed by atoms with Crippen molar-refractivity contribution in [2.45, 2.75) is 38.4 Å². The molecule has 4 aromatic rings. The van der Waals surface area contributed by atoms with Gasteiger partial charge in [-0.2, -0.15) is 13.2 Å². The van der Waals surface area contributed by atoms with Crippen LogP contribution in [0.25, 0.3) is 11.1 Å². The molecule has 0 spiro atoms. The van der Waals surface area contributed by atoms with Gasteiger partial charge in [0.05, 0.1) is 0 Å². The van der Waals surface area contributed by atoms with Crippen molar-refractivity contribution in [3.8, 4) is 16.9 Å². The summed E-state index contributed by atoms with van der Waals surface area (Å²) in [5, 5.41) is 19.6. The van der Waals surface area contributed by atoms with Crippen molar-refractivity contribution in [2.75, 3.05) is 19.6 Å². The van der Waals surface area contributed by atoms with Crippen LogP contribution in [0.1, 0.15) is 39.9 Å². The highest BCUT2D eigenvalue weighted by Crippen LogP contribution is 2.25. The molecule has 4 rings (SSSR count). The van der Waals surface area contributed by atoms with E-state index in [-0.39, 0.29) is 17.6 Å². The van der Waals surface area contributed by atoms with Crippen LogP contribution < -0.4 is 11.1 Å². The van der Waals surface area contributed by atoms with E-state index in [1.807, 2.05) is 77.7 Å². The number of nitrogens with one attached hydrogen (secondary N) is 1. The molecule has 0 saturated carbocycles. The van der Waals surface area contributed by atoms with E-state index in [0.717, 1.165) is 35.1 Å². The number of nitrogens with zero attached hydrogens (tertiary/aromatic N) is 1. The summed E-state index contributed by atoms with van der Waals surface area (Å²) in [5.74, 6) is -2.57. The fraction of sp³-hybridized carbons (Fsp3) is 0.250. The topological polar surface area (TPSA) is 133 Å². The molecule has 11 heteroatoms. The first-order chi connectivity index (χ1) is 22.5.